The highest BCUT2D eigenvalue weighted by atomic mass is 31.2. The number of carbonyl (C=O) groups excluding carboxylic acids is 1. The molecule has 15 heteroatoms. The van der Waals surface area contributed by atoms with Crippen molar-refractivity contribution in [2.45, 2.75) is 76.1 Å². The molecule has 13 nitrogen and oxygen atoms in total. The SMILES string of the molecule is CC(N)P(=O)(O)O[C@H]1[C@@H](O)[C@H](n2cnc3c(NC(=O)c4ccccc4)ncnc32)O[C@@H]1CO[Si](C)(C)C(C)(C)C. The number of nitrogens with zero attached hydrogens (tertiary/aromatic N) is 4. The van der Waals surface area contributed by atoms with Crippen LogP contribution in [0.25, 0.3) is 11.2 Å². The smallest absolute Gasteiger partial charge is 0.344 e. The number of amides is 1. The number of ether oxygens (including phenoxy) is 1. The molecule has 0 spiro atoms. The second kappa shape index (κ2) is 11.4. The minimum Gasteiger partial charge on any atom is -0.414 e. The van der Waals surface area contributed by atoms with Crippen LogP contribution in [-0.4, -0.2) is 74.4 Å². The third kappa shape index (κ3) is 6.19. The van der Waals surface area contributed by atoms with Crippen molar-refractivity contribution in [2.24, 2.45) is 5.73 Å². The Bertz CT molecular complexity index is 1400. The molecular weight excluding hydrogens is 555 g/mol. The van der Waals surface area contributed by atoms with E-state index in [9.17, 15) is 19.4 Å². The van der Waals surface area contributed by atoms with Crippen molar-refractivity contribution in [1.82, 2.24) is 19.5 Å². The molecular formula is C25H37N6O7PSi. The summed E-state index contributed by atoms with van der Waals surface area (Å²) in [5.41, 5.74) is 6.67. The van der Waals surface area contributed by atoms with Gasteiger partial charge in [0.2, 0.25) is 0 Å². The van der Waals surface area contributed by atoms with E-state index in [-0.39, 0.29) is 34.5 Å². The Balaban J connectivity index is 1.63. The van der Waals surface area contributed by atoms with Gasteiger partial charge in [-0.2, -0.15) is 0 Å². The lowest BCUT2D eigenvalue weighted by Gasteiger charge is -2.37. The van der Waals surface area contributed by atoms with E-state index in [2.05, 4.69) is 54.1 Å². The van der Waals surface area contributed by atoms with E-state index in [1.54, 1.807) is 30.3 Å². The van der Waals surface area contributed by atoms with Crippen molar-refractivity contribution in [3.63, 3.8) is 0 Å². The Morgan fingerprint density at radius 3 is 2.55 bits per heavy atom. The predicted octanol–water partition coefficient (Wildman–Crippen LogP) is 3.23. The molecule has 0 saturated carbocycles. The van der Waals surface area contributed by atoms with E-state index in [1.165, 1.54) is 24.1 Å². The number of aromatic nitrogens is 4. The number of imidazole rings is 1. The maximum Gasteiger partial charge on any atom is 0.344 e. The molecule has 2 aromatic heterocycles. The number of aliphatic hydroxyl groups excluding tert-OH is 1. The van der Waals surface area contributed by atoms with Crippen LogP contribution in [0.2, 0.25) is 18.1 Å². The molecule has 0 bridgehead atoms. The van der Waals surface area contributed by atoms with E-state index in [0.29, 0.717) is 5.56 Å². The Labute approximate surface area is 233 Å². The summed E-state index contributed by atoms with van der Waals surface area (Å²) in [4.78, 5) is 35.9. The van der Waals surface area contributed by atoms with E-state index < -0.39 is 46.2 Å². The maximum atomic E-state index is 12.7. The molecule has 3 heterocycles. The average Bonchev–Trinajstić information content (AvgIpc) is 3.44. The van der Waals surface area contributed by atoms with Gasteiger partial charge in [0, 0.05) is 5.56 Å². The lowest BCUT2D eigenvalue weighted by Crippen LogP contribution is -2.45. The molecule has 0 radical (unpaired) electrons. The first-order valence-electron chi connectivity index (χ1n) is 12.9. The van der Waals surface area contributed by atoms with E-state index >= 15 is 0 Å². The summed E-state index contributed by atoms with van der Waals surface area (Å²) in [5, 5.41) is 14.0. The lowest BCUT2D eigenvalue weighted by atomic mass is 10.1. The predicted molar refractivity (Wildman–Crippen MR) is 151 cm³/mol. The van der Waals surface area contributed by atoms with Crippen molar-refractivity contribution in [1.29, 1.82) is 0 Å². The Kier molecular flexibility index (Phi) is 8.65. The van der Waals surface area contributed by atoms with Crippen LogP contribution in [0, 0.1) is 0 Å². The van der Waals surface area contributed by atoms with Crippen LogP contribution in [0.15, 0.2) is 43.0 Å². The number of hydrogen-bond donors (Lipinski definition) is 4. The summed E-state index contributed by atoms with van der Waals surface area (Å²) >= 11 is 0. The number of nitrogens with two attached hydrogens (primary N) is 1. The quantitative estimate of drug-likeness (QED) is 0.211. The molecule has 1 aliphatic heterocycles. The third-order valence-corrected chi connectivity index (χ3v) is 13.5. The summed E-state index contributed by atoms with van der Waals surface area (Å²) < 4.78 is 32.2. The fourth-order valence-corrected chi connectivity index (χ4v) is 5.71. The van der Waals surface area contributed by atoms with Gasteiger partial charge < -0.3 is 30.2 Å². The van der Waals surface area contributed by atoms with Crippen LogP contribution >= 0.6 is 7.60 Å². The highest BCUT2D eigenvalue weighted by Gasteiger charge is 2.50. The van der Waals surface area contributed by atoms with Crippen LogP contribution in [0.5, 0.6) is 0 Å². The van der Waals surface area contributed by atoms with E-state index in [4.69, 9.17) is 19.4 Å². The summed E-state index contributed by atoms with van der Waals surface area (Å²) in [6, 6.07) is 8.64. The summed E-state index contributed by atoms with van der Waals surface area (Å²) in [7, 11) is -6.54. The highest BCUT2D eigenvalue weighted by molar-refractivity contribution is 7.53. The van der Waals surface area contributed by atoms with Crippen LogP contribution in [0.3, 0.4) is 0 Å². The van der Waals surface area contributed by atoms with Crippen molar-refractivity contribution in [3.8, 4) is 0 Å². The molecule has 0 aliphatic carbocycles. The van der Waals surface area contributed by atoms with E-state index in [1.807, 2.05) is 0 Å². The fourth-order valence-electron chi connectivity index (χ4n) is 3.89. The molecule has 218 valence electrons. The minimum atomic E-state index is -4.29. The minimum absolute atomic E-state index is 0.0215. The van der Waals surface area contributed by atoms with Crippen molar-refractivity contribution < 1.29 is 33.0 Å². The number of nitrogens with one attached hydrogen (secondary N) is 1. The van der Waals surface area contributed by atoms with Gasteiger partial charge in [0.15, 0.2) is 31.5 Å². The van der Waals surface area contributed by atoms with Gasteiger partial charge in [0.05, 0.1) is 12.9 Å². The molecule has 2 unspecified atom stereocenters. The van der Waals surface area contributed by atoms with Gasteiger partial charge in [-0.3, -0.25) is 18.5 Å². The number of rotatable bonds is 9. The van der Waals surface area contributed by atoms with Gasteiger partial charge >= 0.3 is 7.60 Å². The Hall–Kier alpha value is -2.55. The number of anilines is 1. The van der Waals surface area contributed by atoms with Crippen LogP contribution in [0.1, 0.15) is 44.3 Å². The van der Waals surface area contributed by atoms with Crippen LogP contribution < -0.4 is 11.1 Å². The van der Waals surface area contributed by atoms with Crippen molar-refractivity contribution in [3.05, 3.63) is 48.5 Å². The first-order chi connectivity index (χ1) is 18.6. The first kappa shape index (κ1) is 30.4. The maximum absolute atomic E-state index is 12.7. The van der Waals surface area contributed by atoms with Gasteiger partial charge in [-0.25, -0.2) is 15.0 Å². The molecule has 1 fully saturated rings. The molecule has 3 aromatic rings. The zero-order valence-electron chi connectivity index (χ0n) is 23.4. The summed E-state index contributed by atoms with van der Waals surface area (Å²) in [5.74, 6) is -1.39. The standard InChI is InChI=1S/C25H37N6O7PSi/c1-15(26)39(34,35)38-20-17(12-36-40(5,6)25(2,3)4)37-24(19(20)32)31-14-29-18-21(27-13-28-22(18)31)30-23(33)16-10-8-7-9-11-16/h7-11,13-15,17,19-20,24,32H,12,26H2,1-6H3,(H,34,35)(H,27,28,30,33)/t15?,17-,19-,20-,24-/m1/s1. The van der Waals surface area contributed by atoms with Crippen molar-refractivity contribution >= 4 is 38.8 Å². The molecule has 40 heavy (non-hydrogen) atoms. The largest absolute Gasteiger partial charge is 0.414 e. The topological polar surface area (TPSA) is 184 Å². The number of fused-ring (bicyclic) bond motifs is 1. The molecule has 1 aliphatic rings. The molecule has 6 atom stereocenters. The van der Waals surface area contributed by atoms with E-state index in [0.717, 1.165) is 0 Å². The molecule has 1 amide bonds. The van der Waals surface area contributed by atoms with Gasteiger partial charge in [-0.15, -0.1) is 0 Å². The molecule has 5 N–H and O–H groups in total. The highest BCUT2D eigenvalue weighted by Crippen LogP contribution is 2.50. The normalized spacial score (nSPS) is 24.1. The Morgan fingerprint density at radius 2 is 1.93 bits per heavy atom. The fraction of sp³-hybridized carbons (Fsp3) is 0.520. The van der Waals surface area contributed by atoms with Gasteiger partial charge in [-0.05, 0) is 37.2 Å². The monoisotopic (exact) mass is 592 g/mol. The second-order valence-electron chi connectivity index (χ2n) is 11.4. The number of benzene rings is 1. The zero-order valence-corrected chi connectivity index (χ0v) is 25.3. The summed E-state index contributed by atoms with van der Waals surface area (Å²) in [6.07, 6.45) is -1.97. The molecule has 1 saturated heterocycles. The number of carbonyl (C=O) groups is 1. The molecule has 4 rings (SSSR count). The Morgan fingerprint density at radius 1 is 1.25 bits per heavy atom. The van der Waals surface area contributed by atoms with Gasteiger partial charge in [0.1, 0.15) is 30.4 Å². The van der Waals surface area contributed by atoms with Gasteiger partial charge in [0.25, 0.3) is 5.91 Å². The second-order valence-corrected chi connectivity index (χ2v) is 18.3. The van der Waals surface area contributed by atoms with Crippen molar-refractivity contribution in [2.75, 3.05) is 11.9 Å². The first-order valence-corrected chi connectivity index (χ1v) is 17.5. The average molecular weight is 593 g/mol. The number of hydrogen-bond acceptors (Lipinski definition) is 10. The lowest BCUT2D eigenvalue weighted by molar-refractivity contribution is -0.0486. The third-order valence-electron chi connectivity index (χ3n) is 7.41. The molecule has 1 aromatic carbocycles. The van der Waals surface area contributed by atoms with Crippen LogP contribution in [-0.2, 0) is 18.3 Å². The van der Waals surface area contributed by atoms with Crippen LogP contribution in [0.4, 0.5) is 5.82 Å². The summed E-state index contributed by atoms with van der Waals surface area (Å²) in [6.45, 7) is 11.8. The number of aliphatic hydroxyl groups is 1. The zero-order chi connectivity index (χ0) is 29.5. The van der Waals surface area contributed by atoms with Gasteiger partial charge in [-0.1, -0.05) is 39.0 Å².